The third-order valence-electron chi connectivity index (χ3n) is 5.16. The van der Waals surface area contributed by atoms with Gasteiger partial charge in [0.05, 0.1) is 23.1 Å². The minimum atomic E-state index is -3.40. The molecule has 12 heteroatoms. The van der Waals surface area contributed by atoms with Crippen molar-refractivity contribution in [2.75, 3.05) is 12.4 Å². The summed E-state index contributed by atoms with van der Waals surface area (Å²) in [4.78, 5) is 40.0. The third kappa shape index (κ3) is 4.50. The van der Waals surface area contributed by atoms with E-state index in [2.05, 4.69) is 15.6 Å². The summed E-state index contributed by atoms with van der Waals surface area (Å²) in [7, 11) is 1.28. The molecule has 2 aromatic rings. The van der Waals surface area contributed by atoms with E-state index in [9.17, 15) is 18.8 Å². The number of imidazole rings is 1. The van der Waals surface area contributed by atoms with Gasteiger partial charge in [0.15, 0.2) is 5.69 Å². The van der Waals surface area contributed by atoms with Crippen LogP contribution in [0.2, 0.25) is 5.02 Å². The smallest absolute Gasteiger partial charge is 0.270 e. The van der Waals surface area contributed by atoms with Crippen molar-refractivity contribution in [3.8, 4) is 0 Å². The molecule has 1 aromatic heterocycles. The number of nitrogens with one attached hydrogen (secondary N) is 2. The number of nitrogens with zero attached hydrogens (tertiary/aromatic N) is 2. The zero-order valence-corrected chi connectivity index (χ0v) is 17.0. The van der Waals surface area contributed by atoms with Gasteiger partial charge in [-0.15, -0.1) is 0 Å². The maximum Gasteiger partial charge on any atom is 0.270 e. The molecule has 4 N–H and O–H groups in total. The second-order valence-corrected chi connectivity index (χ2v) is 7.57. The summed E-state index contributed by atoms with van der Waals surface area (Å²) in [5, 5.41) is 4.67. The molecule has 3 amide bonds. The highest BCUT2D eigenvalue weighted by molar-refractivity contribution is 6.33. The quantitative estimate of drug-likeness (QED) is 0.639. The van der Waals surface area contributed by atoms with Crippen LogP contribution < -0.4 is 16.4 Å². The lowest BCUT2D eigenvalue weighted by atomic mass is 9.82. The third-order valence-corrected chi connectivity index (χ3v) is 5.47. The topological polar surface area (TPSA) is 119 Å². The second kappa shape index (κ2) is 8.58. The molecule has 0 unspecified atom stereocenters. The Morgan fingerprint density at radius 1 is 1.29 bits per heavy atom. The van der Waals surface area contributed by atoms with Crippen LogP contribution in [0, 0.1) is 11.7 Å². The molecule has 1 aliphatic carbocycles. The van der Waals surface area contributed by atoms with Crippen molar-refractivity contribution in [3.63, 3.8) is 0 Å². The lowest BCUT2D eigenvalue weighted by Crippen LogP contribution is -2.42. The Morgan fingerprint density at radius 3 is 2.58 bits per heavy atom. The van der Waals surface area contributed by atoms with Crippen LogP contribution in [-0.2, 0) is 4.79 Å². The number of rotatable bonds is 5. The molecule has 1 heterocycles. The molecule has 1 aromatic carbocycles. The van der Waals surface area contributed by atoms with E-state index in [1.54, 1.807) is 0 Å². The predicted molar refractivity (Wildman–Crippen MR) is 105 cm³/mol. The molecule has 0 spiro atoms. The summed E-state index contributed by atoms with van der Waals surface area (Å²) in [6.07, 6.45) is 0.0739. The molecule has 0 aliphatic heterocycles. The number of nitrogens with two attached hydrogens (primary N) is 1. The lowest BCUT2D eigenvalue weighted by Gasteiger charge is -2.36. The number of primary amides is 1. The first kappa shape index (κ1) is 22.6. The zero-order chi connectivity index (χ0) is 22.9. The van der Waals surface area contributed by atoms with E-state index in [-0.39, 0.29) is 29.2 Å². The van der Waals surface area contributed by atoms with Crippen LogP contribution in [0.3, 0.4) is 0 Å². The largest absolute Gasteiger partial charge is 0.364 e. The number of hydrogen-bond donors (Lipinski definition) is 3. The van der Waals surface area contributed by atoms with Gasteiger partial charge in [-0.3, -0.25) is 14.4 Å². The first-order chi connectivity index (χ1) is 14.5. The van der Waals surface area contributed by atoms with Crippen LogP contribution in [0.25, 0.3) is 0 Å². The van der Waals surface area contributed by atoms with Gasteiger partial charge in [0.2, 0.25) is 5.91 Å². The van der Waals surface area contributed by atoms with Crippen molar-refractivity contribution in [1.29, 1.82) is 0 Å². The van der Waals surface area contributed by atoms with Gasteiger partial charge in [-0.2, -0.15) is 0 Å². The van der Waals surface area contributed by atoms with Gasteiger partial charge >= 0.3 is 0 Å². The van der Waals surface area contributed by atoms with Crippen molar-refractivity contribution in [2.24, 2.45) is 11.7 Å². The lowest BCUT2D eigenvalue weighted by molar-refractivity contribution is -0.133. The fourth-order valence-electron chi connectivity index (χ4n) is 3.65. The molecule has 0 saturated heterocycles. The number of aromatic nitrogens is 2. The maximum atomic E-state index is 15.0. The van der Waals surface area contributed by atoms with E-state index in [0.29, 0.717) is 0 Å². The Balaban J connectivity index is 1.81. The summed E-state index contributed by atoms with van der Waals surface area (Å²) < 4.78 is 44.2. The highest BCUT2D eigenvalue weighted by Crippen LogP contribution is 2.45. The van der Waals surface area contributed by atoms with Gasteiger partial charge in [-0.25, -0.2) is 18.2 Å². The average molecular weight is 458 g/mol. The number of carbonyl (C=O) groups excluding carboxylic acids is 3. The zero-order valence-electron chi connectivity index (χ0n) is 16.3. The van der Waals surface area contributed by atoms with E-state index < -0.39 is 53.5 Å². The Bertz CT molecular complexity index is 1040. The molecule has 166 valence electrons. The van der Waals surface area contributed by atoms with Crippen molar-refractivity contribution in [2.45, 2.75) is 31.2 Å². The molecule has 8 nitrogen and oxygen atoms in total. The van der Waals surface area contributed by atoms with Crippen LogP contribution in [0.5, 0.6) is 0 Å². The van der Waals surface area contributed by atoms with Crippen LogP contribution in [0.15, 0.2) is 24.5 Å². The molecule has 1 aliphatic rings. The second-order valence-electron chi connectivity index (χ2n) is 7.16. The van der Waals surface area contributed by atoms with Crippen LogP contribution >= 0.6 is 11.6 Å². The van der Waals surface area contributed by atoms with Gasteiger partial charge in [0.1, 0.15) is 11.5 Å². The molecule has 0 bridgehead atoms. The van der Waals surface area contributed by atoms with Crippen LogP contribution in [0.1, 0.15) is 46.3 Å². The number of carbonyl (C=O) groups is 3. The van der Waals surface area contributed by atoms with E-state index in [1.807, 2.05) is 0 Å². The summed E-state index contributed by atoms with van der Waals surface area (Å²) >= 11 is 5.87. The predicted octanol–water partition coefficient (Wildman–Crippen LogP) is 2.75. The summed E-state index contributed by atoms with van der Waals surface area (Å²) in [5.74, 6) is -7.53. The number of anilines is 1. The summed E-state index contributed by atoms with van der Waals surface area (Å²) in [6.45, 7) is 0. The number of alkyl halides is 2. The Hall–Kier alpha value is -3.08. The minimum Gasteiger partial charge on any atom is -0.364 e. The molecular weight excluding hydrogens is 439 g/mol. The van der Waals surface area contributed by atoms with Gasteiger partial charge < -0.3 is 20.9 Å². The Kier molecular flexibility index (Phi) is 6.25. The monoisotopic (exact) mass is 457 g/mol. The Morgan fingerprint density at radius 2 is 2.00 bits per heavy atom. The van der Waals surface area contributed by atoms with Gasteiger partial charge in [0.25, 0.3) is 17.7 Å². The number of halogens is 4. The summed E-state index contributed by atoms with van der Waals surface area (Å²) in [6, 6.07) is 1.83. The average Bonchev–Trinajstić information content (AvgIpc) is 3.13. The summed E-state index contributed by atoms with van der Waals surface area (Å²) in [5.41, 5.74) is 4.54. The first-order valence-electron chi connectivity index (χ1n) is 9.27. The fraction of sp³-hybridized carbons (Fsp3) is 0.368. The van der Waals surface area contributed by atoms with E-state index >= 15 is 8.78 Å². The normalized spacial score (nSPS) is 20.2. The number of benzene rings is 1. The molecule has 3 rings (SSSR count). The number of amides is 3. The van der Waals surface area contributed by atoms with E-state index in [4.69, 9.17) is 17.3 Å². The van der Waals surface area contributed by atoms with Gasteiger partial charge in [-0.05, 0) is 31.0 Å². The molecule has 2 atom stereocenters. The van der Waals surface area contributed by atoms with Crippen molar-refractivity contribution in [3.05, 3.63) is 46.8 Å². The van der Waals surface area contributed by atoms with Gasteiger partial charge in [0, 0.05) is 19.4 Å². The SMILES string of the molecule is CNC(=O)c1c(C(N)=O)ncn1[C@@H]1CC[C@@H](C(=O)Nc2ccc(F)cc2Cl)CC1(F)F. The standard InChI is InChI=1S/C19H19ClF3N5O3/c1-25-18(31)15-14(16(24)29)26-8-28(15)13-5-2-9(7-19(13,22)23)17(30)27-12-4-3-10(21)6-11(12)20/h3-4,6,8-9,13H,2,5,7H2,1H3,(H2,24,29)(H,25,31)(H,27,30)/t9-,13-/m1/s1. The van der Waals surface area contributed by atoms with E-state index in [1.165, 1.54) is 13.1 Å². The van der Waals surface area contributed by atoms with Crippen LogP contribution in [0.4, 0.5) is 18.9 Å². The number of hydrogen-bond acceptors (Lipinski definition) is 4. The van der Waals surface area contributed by atoms with E-state index in [0.717, 1.165) is 23.0 Å². The molecule has 1 fully saturated rings. The van der Waals surface area contributed by atoms with Crippen molar-refractivity contribution < 1.29 is 27.6 Å². The first-order valence-corrected chi connectivity index (χ1v) is 9.65. The fourth-order valence-corrected chi connectivity index (χ4v) is 3.86. The molecular formula is C19H19ClF3N5O3. The maximum absolute atomic E-state index is 15.0. The van der Waals surface area contributed by atoms with Gasteiger partial charge in [-0.1, -0.05) is 11.6 Å². The van der Waals surface area contributed by atoms with Crippen molar-refractivity contribution >= 4 is 35.0 Å². The molecule has 31 heavy (non-hydrogen) atoms. The minimum absolute atomic E-state index is 0.0542. The molecule has 1 saturated carbocycles. The molecule has 0 radical (unpaired) electrons. The Labute approximate surface area is 179 Å². The highest BCUT2D eigenvalue weighted by atomic mass is 35.5. The highest BCUT2D eigenvalue weighted by Gasteiger charge is 2.49. The van der Waals surface area contributed by atoms with Crippen molar-refractivity contribution in [1.82, 2.24) is 14.9 Å². The van der Waals surface area contributed by atoms with Crippen LogP contribution in [-0.4, -0.2) is 40.2 Å².